The minimum atomic E-state index is -1.36. The lowest BCUT2D eigenvalue weighted by Gasteiger charge is -2.17. The van der Waals surface area contributed by atoms with Gasteiger partial charge in [0.25, 0.3) is 0 Å². The highest BCUT2D eigenvalue weighted by molar-refractivity contribution is 6.01. The van der Waals surface area contributed by atoms with Gasteiger partial charge in [0.1, 0.15) is 5.82 Å². The zero-order valence-corrected chi connectivity index (χ0v) is 12.0. The van der Waals surface area contributed by atoms with E-state index in [0.717, 1.165) is 18.2 Å². The summed E-state index contributed by atoms with van der Waals surface area (Å²) in [6.07, 6.45) is 0. The molecule has 0 atom stereocenters. The van der Waals surface area contributed by atoms with Crippen molar-refractivity contribution in [2.45, 2.75) is 20.8 Å². The van der Waals surface area contributed by atoms with Crippen molar-refractivity contribution in [3.63, 3.8) is 0 Å². The number of carbonyl (C=O) groups excluding carboxylic acids is 2. The van der Waals surface area contributed by atoms with E-state index in [0.29, 0.717) is 0 Å². The van der Waals surface area contributed by atoms with Crippen LogP contribution in [0.25, 0.3) is 0 Å². The lowest BCUT2D eigenvalue weighted by Crippen LogP contribution is -2.39. The Morgan fingerprint density at radius 2 is 1.86 bits per heavy atom. The summed E-state index contributed by atoms with van der Waals surface area (Å²) < 4.78 is 13.0. The lowest BCUT2D eigenvalue weighted by atomic mass is 9.96. The third kappa shape index (κ3) is 4.87. The number of anilines is 1. The number of carboxylic acids is 1. The zero-order valence-electron chi connectivity index (χ0n) is 12.0. The molecule has 0 aliphatic carbocycles. The molecule has 7 heteroatoms. The Kier molecular flexibility index (Phi) is 5.02. The molecule has 0 aromatic heterocycles. The average Bonchev–Trinajstić information content (AvgIpc) is 2.36. The second-order valence-electron chi connectivity index (χ2n) is 5.48. The van der Waals surface area contributed by atoms with Gasteiger partial charge in [-0.15, -0.1) is 0 Å². The first-order valence-corrected chi connectivity index (χ1v) is 6.22. The number of carboxylic acid groups (broad SMARTS) is 1. The smallest absolute Gasteiger partial charge is 0.337 e. The van der Waals surface area contributed by atoms with E-state index in [-0.39, 0.29) is 23.7 Å². The van der Waals surface area contributed by atoms with Crippen molar-refractivity contribution in [3.05, 3.63) is 29.6 Å². The topological polar surface area (TPSA) is 95.5 Å². The molecule has 0 spiro atoms. The first-order valence-electron chi connectivity index (χ1n) is 6.22. The highest BCUT2D eigenvalue weighted by Crippen LogP contribution is 2.17. The number of benzene rings is 1. The zero-order chi connectivity index (χ0) is 16.2. The van der Waals surface area contributed by atoms with Crippen LogP contribution in [-0.4, -0.2) is 29.4 Å². The van der Waals surface area contributed by atoms with Gasteiger partial charge in [0, 0.05) is 5.41 Å². The third-order valence-corrected chi connectivity index (χ3v) is 2.58. The second kappa shape index (κ2) is 6.34. The first kappa shape index (κ1) is 16.6. The monoisotopic (exact) mass is 296 g/mol. The summed E-state index contributed by atoms with van der Waals surface area (Å²) in [6, 6.07) is 3.00. The van der Waals surface area contributed by atoms with E-state index in [1.807, 2.05) is 0 Å². The molecule has 0 fully saturated rings. The van der Waals surface area contributed by atoms with Crippen LogP contribution < -0.4 is 10.6 Å². The fourth-order valence-electron chi connectivity index (χ4n) is 1.42. The van der Waals surface area contributed by atoms with E-state index < -0.39 is 23.1 Å². The predicted octanol–water partition coefficient (Wildman–Crippen LogP) is 1.62. The molecule has 0 unspecified atom stereocenters. The summed E-state index contributed by atoms with van der Waals surface area (Å²) in [5.41, 5.74) is -1.02. The van der Waals surface area contributed by atoms with Crippen LogP contribution in [0.3, 0.4) is 0 Å². The van der Waals surface area contributed by atoms with Crippen molar-refractivity contribution in [2.75, 3.05) is 11.9 Å². The van der Waals surface area contributed by atoms with Crippen molar-refractivity contribution < 1.29 is 23.9 Å². The molecule has 0 aliphatic heterocycles. The number of hydrogen-bond donors (Lipinski definition) is 3. The molecule has 1 rings (SSSR count). The van der Waals surface area contributed by atoms with Crippen LogP contribution in [0, 0.1) is 11.2 Å². The maximum atomic E-state index is 13.0. The first-order chi connectivity index (χ1) is 9.61. The van der Waals surface area contributed by atoms with E-state index in [9.17, 15) is 18.8 Å². The summed E-state index contributed by atoms with van der Waals surface area (Å²) in [5, 5.41) is 13.7. The van der Waals surface area contributed by atoms with Gasteiger partial charge in [-0.25, -0.2) is 9.18 Å². The number of halogens is 1. The minimum Gasteiger partial charge on any atom is -0.478 e. The molecule has 21 heavy (non-hydrogen) atoms. The Morgan fingerprint density at radius 1 is 1.24 bits per heavy atom. The van der Waals surface area contributed by atoms with E-state index in [1.165, 1.54) is 0 Å². The highest BCUT2D eigenvalue weighted by atomic mass is 19.1. The maximum Gasteiger partial charge on any atom is 0.337 e. The van der Waals surface area contributed by atoms with Crippen molar-refractivity contribution in [2.24, 2.45) is 5.41 Å². The van der Waals surface area contributed by atoms with Crippen LogP contribution in [0.5, 0.6) is 0 Å². The number of aromatic carboxylic acids is 1. The molecule has 2 amide bonds. The SMILES string of the molecule is CC(C)(C)C(=O)NCC(=O)Nc1ccc(F)cc1C(=O)O. The van der Waals surface area contributed by atoms with Crippen LogP contribution in [0.1, 0.15) is 31.1 Å². The largest absolute Gasteiger partial charge is 0.478 e. The number of hydrogen-bond acceptors (Lipinski definition) is 3. The molecule has 114 valence electrons. The molecule has 1 aromatic rings. The predicted molar refractivity (Wildman–Crippen MR) is 74.5 cm³/mol. The Morgan fingerprint density at radius 3 is 2.38 bits per heavy atom. The van der Waals surface area contributed by atoms with Gasteiger partial charge in [-0.3, -0.25) is 9.59 Å². The highest BCUT2D eigenvalue weighted by Gasteiger charge is 2.21. The van der Waals surface area contributed by atoms with Crippen LogP contribution in [0.4, 0.5) is 10.1 Å². The molecule has 6 nitrogen and oxygen atoms in total. The molecule has 0 radical (unpaired) electrons. The fraction of sp³-hybridized carbons (Fsp3) is 0.357. The Labute approximate surface area is 121 Å². The van der Waals surface area contributed by atoms with Gasteiger partial charge in [0.05, 0.1) is 17.8 Å². The third-order valence-electron chi connectivity index (χ3n) is 2.58. The van der Waals surface area contributed by atoms with Crippen molar-refractivity contribution >= 4 is 23.5 Å². The quantitative estimate of drug-likeness (QED) is 0.786. The molecule has 0 aliphatic rings. The van der Waals surface area contributed by atoms with Crippen molar-refractivity contribution in [1.82, 2.24) is 5.32 Å². The molecule has 0 heterocycles. The molecule has 0 bridgehead atoms. The minimum absolute atomic E-state index is 0.0288. The van der Waals surface area contributed by atoms with E-state index in [2.05, 4.69) is 10.6 Å². The molecular formula is C14H17FN2O4. The van der Waals surface area contributed by atoms with E-state index in [1.54, 1.807) is 20.8 Å². The summed E-state index contributed by atoms with van der Waals surface area (Å²) in [5.74, 6) is -2.98. The van der Waals surface area contributed by atoms with Gasteiger partial charge in [-0.05, 0) is 18.2 Å². The normalized spacial score (nSPS) is 10.9. The van der Waals surface area contributed by atoms with Crippen LogP contribution in [0.15, 0.2) is 18.2 Å². The van der Waals surface area contributed by atoms with Gasteiger partial charge in [0.2, 0.25) is 11.8 Å². The number of rotatable bonds is 4. The Bertz CT molecular complexity index is 579. The van der Waals surface area contributed by atoms with Gasteiger partial charge in [-0.1, -0.05) is 20.8 Å². The fourth-order valence-corrected chi connectivity index (χ4v) is 1.42. The van der Waals surface area contributed by atoms with Gasteiger partial charge in [0.15, 0.2) is 0 Å². The lowest BCUT2D eigenvalue weighted by molar-refractivity contribution is -0.130. The van der Waals surface area contributed by atoms with E-state index >= 15 is 0 Å². The van der Waals surface area contributed by atoms with Gasteiger partial charge < -0.3 is 15.7 Å². The number of carbonyl (C=O) groups is 3. The average molecular weight is 296 g/mol. The van der Waals surface area contributed by atoms with Crippen LogP contribution in [-0.2, 0) is 9.59 Å². The second-order valence-corrected chi connectivity index (χ2v) is 5.48. The summed E-state index contributed by atoms with van der Waals surface area (Å²) in [6.45, 7) is 4.79. The number of nitrogens with one attached hydrogen (secondary N) is 2. The number of amides is 2. The van der Waals surface area contributed by atoms with Crippen molar-refractivity contribution in [3.8, 4) is 0 Å². The molecular weight excluding hydrogens is 279 g/mol. The van der Waals surface area contributed by atoms with Crippen LogP contribution in [0.2, 0.25) is 0 Å². The van der Waals surface area contributed by atoms with Gasteiger partial charge >= 0.3 is 5.97 Å². The maximum absolute atomic E-state index is 13.0. The standard InChI is InChI=1S/C14H17FN2O4/c1-14(2,3)13(21)16-7-11(18)17-10-5-4-8(15)6-9(10)12(19)20/h4-6H,7H2,1-3H3,(H,16,21)(H,17,18)(H,19,20). The molecule has 3 N–H and O–H groups in total. The molecule has 0 saturated heterocycles. The Balaban J connectivity index is 2.72. The molecule has 1 aromatic carbocycles. The summed E-state index contributed by atoms with van der Waals surface area (Å²) >= 11 is 0. The van der Waals surface area contributed by atoms with Crippen molar-refractivity contribution in [1.29, 1.82) is 0 Å². The van der Waals surface area contributed by atoms with E-state index in [4.69, 9.17) is 5.11 Å². The Hall–Kier alpha value is -2.44. The summed E-state index contributed by atoms with van der Waals surface area (Å²) in [4.78, 5) is 34.3. The summed E-state index contributed by atoms with van der Waals surface area (Å²) in [7, 11) is 0. The molecule has 0 saturated carbocycles. The van der Waals surface area contributed by atoms with Gasteiger partial charge in [-0.2, -0.15) is 0 Å². The van der Waals surface area contributed by atoms with Crippen LogP contribution >= 0.6 is 0 Å².